The van der Waals surface area contributed by atoms with Crippen molar-refractivity contribution in [2.45, 2.75) is 19.8 Å². The Bertz CT molecular complexity index is 985. The van der Waals surface area contributed by atoms with Gasteiger partial charge in [0.1, 0.15) is 0 Å². The lowest BCUT2D eigenvalue weighted by molar-refractivity contribution is -0.138. The molecule has 1 aliphatic heterocycles. The highest BCUT2D eigenvalue weighted by Gasteiger charge is 2.37. The van der Waals surface area contributed by atoms with Gasteiger partial charge < -0.3 is 14.5 Å². The van der Waals surface area contributed by atoms with Gasteiger partial charge in [-0.25, -0.2) is 4.79 Å². The molecule has 0 aliphatic carbocycles. The second kappa shape index (κ2) is 7.91. The molecule has 0 saturated heterocycles. The Labute approximate surface area is 166 Å². The average molecular weight is 403 g/mol. The number of allylic oxidation sites excluding steroid dienone is 2. The molecule has 1 N–H and O–H groups in total. The number of ether oxygens (including phenoxy) is 1. The van der Waals surface area contributed by atoms with Crippen LogP contribution in [0.2, 0.25) is 10.0 Å². The molecule has 7 heteroatoms. The van der Waals surface area contributed by atoms with Gasteiger partial charge in [0.05, 0.1) is 41.7 Å². The van der Waals surface area contributed by atoms with Crippen LogP contribution in [0.5, 0.6) is 0 Å². The van der Waals surface area contributed by atoms with E-state index in [-0.39, 0.29) is 12.2 Å². The molecule has 0 fully saturated rings. The first-order chi connectivity index (χ1) is 13.0. The first-order valence-electron chi connectivity index (χ1n) is 8.25. The monoisotopic (exact) mass is 402 g/mol. The SMILES string of the molecule is CCOC(=O)C1=C(c2ccco2)NC(C)=C(C#N)C1c1ccc(Cl)cc1Cl. The number of rotatable bonds is 4. The number of carbonyl (C=O) groups excluding carboxylic acids is 1. The van der Waals surface area contributed by atoms with Crippen LogP contribution in [-0.2, 0) is 9.53 Å². The van der Waals surface area contributed by atoms with Gasteiger partial charge in [-0.3, -0.25) is 0 Å². The number of dihydropyridines is 1. The summed E-state index contributed by atoms with van der Waals surface area (Å²) in [5.74, 6) is -0.794. The third-order valence-corrected chi connectivity index (χ3v) is 4.78. The van der Waals surface area contributed by atoms with Crippen LogP contribution < -0.4 is 5.32 Å². The predicted octanol–water partition coefficient (Wildman–Crippen LogP) is 5.05. The zero-order valence-corrected chi connectivity index (χ0v) is 16.2. The van der Waals surface area contributed by atoms with Gasteiger partial charge in [0, 0.05) is 15.7 Å². The Balaban J connectivity index is 2.30. The number of hydrogen-bond donors (Lipinski definition) is 1. The van der Waals surface area contributed by atoms with Crippen molar-refractivity contribution in [3.05, 3.63) is 74.8 Å². The lowest BCUT2D eigenvalue weighted by Crippen LogP contribution is -2.29. The van der Waals surface area contributed by atoms with E-state index in [9.17, 15) is 10.1 Å². The molecule has 0 amide bonds. The summed E-state index contributed by atoms with van der Waals surface area (Å²) in [5, 5.41) is 13.7. The summed E-state index contributed by atoms with van der Waals surface area (Å²) >= 11 is 12.4. The van der Waals surface area contributed by atoms with Crippen LogP contribution in [0, 0.1) is 11.3 Å². The molecule has 138 valence electrons. The van der Waals surface area contributed by atoms with Crippen molar-refractivity contribution in [3.8, 4) is 6.07 Å². The molecule has 1 atom stereocenters. The van der Waals surface area contributed by atoms with E-state index in [0.717, 1.165) is 0 Å². The molecule has 0 saturated carbocycles. The molecule has 3 rings (SSSR count). The summed E-state index contributed by atoms with van der Waals surface area (Å²) < 4.78 is 10.8. The van der Waals surface area contributed by atoms with Crippen LogP contribution in [0.3, 0.4) is 0 Å². The van der Waals surface area contributed by atoms with E-state index in [1.165, 1.54) is 6.26 Å². The summed E-state index contributed by atoms with van der Waals surface area (Å²) in [4.78, 5) is 12.9. The molecule has 1 aliphatic rings. The Kier molecular flexibility index (Phi) is 5.59. The molecule has 0 bridgehead atoms. The van der Waals surface area contributed by atoms with Gasteiger partial charge in [0.15, 0.2) is 5.76 Å². The van der Waals surface area contributed by atoms with Gasteiger partial charge in [-0.05, 0) is 43.7 Å². The second-order valence-electron chi connectivity index (χ2n) is 5.86. The maximum atomic E-state index is 12.9. The van der Waals surface area contributed by atoms with Crippen LogP contribution in [0.25, 0.3) is 5.70 Å². The van der Waals surface area contributed by atoms with E-state index in [1.807, 2.05) is 0 Å². The summed E-state index contributed by atoms with van der Waals surface area (Å²) in [7, 11) is 0. The molecule has 1 aromatic heterocycles. The van der Waals surface area contributed by atoms with Crippen molar-refractivity contribution in [2.75, 3.05) is 6.61 Å². The van der Waals surface area contributed by atoms with Gasteiger partial charge in [-0.2, -0.15) is 5.26 Å². The highest BCUT2D eigenvalue weighted by atomic mass is 35.5. The van der Waals surface area contributed by atoms with Crippen molar-refractivity contribution < 1.29 is 13.9 Å². The molecule has 2 heterocycles. The minimum Gasteiger partial charge on any atom is -0.463 e. The first kappa shape index (κ1) is 19.1. The largest absolute Gasteiger partial charge is 0.463 e. The van der Waals surface area contributed by atoms with Crippen LogP contribution in [0.1, 0.15) is 31.1 Å². The van der Waals surface area contributed by atoms with Gasteiger partial charge in [0.25, 0.3) is 0 Å². The topological polar surface area (TPSA) is 75.3 Å². The minimum atomic E-state index is -0.708. The fourth-order valence-electron chi connectivity index (χ4n) is 3.07. The number of furan rings is 1. The summed E-state index contributed by atoms with van der Waals surface area (Å²) in [6.45, 7) is 3.68. The third-order valence-electron chi connectivity index (χ3n) is 4.22. The number of esters is 1. The number of halogens is 2. The highest BCUT2D eigenvalue weighted by Crippen LogP contribution is 2.43. The summed E-state index contributed by atoms with van der Waals surface area (Å²) in [6, 6.07) is 10.6. The van der Waals surface area contributed by atoms with E-state index in [2.05, 4.69) is 11.4 Å². The highest BCUT2D eigenvalue weighted by molar-refractivity contribution is 6.35. The molecule has 2 aromatic rings. The zero-order valence-electron chi connectivity index (χ0n) is 14.7. The lowest BCUT2D eigenvalue weighted by atomic mass is 9.80. The second-order valence-corrected chi connectivity index (χ2v) is 6.70. The number of benzene rings is 1. The predicted molar refractivity (Wildman–Crippen MR) is 103 cm³/mol. The van der Waals surface area contributed by atoms with E-state index < -0.39 is 11.9 Å². The minimum absolute atomic E-state index is 0.194. The molecule has 1 aromatic carbocycles. The van der Waals surface area contributed by atoms with Gasteiger partial charge in [0.2, 0.25) is 0 Å². The fourth-order valence-corrected chi connectivity index (χ4v) is 3.58. The number of carbonyl (C=O) groups is 1. The van der Waals surface area contributed by atoms with Crippen LogP contribution >= 0.6 is 23.2 Å². The molecule has 27 heavy (non-hydrogen) atoms. The number of nitrogens with one attached hydrogen (secondary N) is 1. The van der Waals surface area contributed by atoms with Crippen molar-refractivity contribution >= 4 is 34.9 Å². The Morgan fingerprint density at radius 2 is 2.15 bits per heavy atom. The number of nitrogens with zero attached hydrogens (tertiary/aromatic N) is 1. The number of nitriles is 1. The zero-order chi connectivity index (χ0) is 19.6. The lowest BCUT2D eigenvalue weighted by Gasteiger charge is -2.29. The Morgan fingerprint density at radius 1 is 1.37 bits per heavy atom. The first-order valence-corrected chi connectivity index (χ1v) is 9.01. The van der Waals surface area contributed by atoms with Crippen LogP contribution in [-0.4, -0.2) is 12.6 Å². The normalized spacial score (nSPS) is 16.8. The van der Waals surface area contributed by atoms with Gasteiger partial charge in [-0.1, -0.05) is 29.3 Å². The van der Waals surface area contributed by atoms with Crippen molar-refractivity contribution in [1.82, 2.24) is 5.32 Å². The van der Waals surface area contributed by atoms with E-state index in [1.54, 1.807) is 44.2 Å². The fraction of sp³-hybridized carbons (Fsp3) is 0.200. The maximum absolute atomic E-state index is 12.9. The van der Waals surface area contributed by atoms with Crippen molar-refractivity contribution in [1.29, 1.82) is 5.26 Å². The molecular weight excluding hydrogens is 387 g/mol. The molecular formula is C20H16Cl2N2O3. The van der Waals surface area contributed by atoms with Gasteiger partial charge in [-0.15, -0.1) is 0 Å². The summed E-state index contributed by atoms with van der Waals surface area (Å²) in [6.07, 6.45) is 1.51. The van der Waals surface area contributed by atoms with E-state index >= 15 is 0 Å². The van der Waals surface area contributed by atoms with E-state index in [4.69, 9.17) is 32.4 Å². The van der Waals surface area contributed by atoms with Crippen molar-refractivity contribution in [2.24, 2.45) is 0 Å². The number of hydrogen-bond acceptors (Lipinski definition) is 5. The van der Waals surface area contributed by atoms with Crippen LogP contribution in [0.4, 0.5) is 0 Å². The third kappa shape index (κ3) is 3.59. The smallest absolute Gasteiger partial charge is 0.337 e. The standard InChI is InChI=1S/C20H16Cl2N2O3/c1-3-26-20(25)18-17(13-7-6-12(21)9-15(13)22)14(10-23)11(2)24-19(18)16-5-4-8-27-16/h4-9,17,24H,3H2,1-2H3. The van der Waals surface area contributed by atoms with E-state index in [0.29, 0.717) is 38.3 Å². The Hall–Kier alpha value is -2.68. The average Bonchev–Trinajstić information content (AvgIpc) is 3.15. The molecule has 1 unspecified atom stereocenters. The molecule has 0 radical (unpaired) electrons. The van der Waals surface area contributed by atoms with Gasteiger partial charge >= 0.3 is 5.97 Å². The maximum Gasteiger partial charge on any atom is 0.337 e. The van der Waals surface area contributed by atoms with Crippen LogP contribution in [0.15, 0.2) is 57.9 Å². The van der Waals surface area contributed by atoms with Crippen molar-refractivity contribution in [3.63, 3.8) is 0 Å². The molecule has 0 spiro atoms. The Morgan fingerprint density at radius 3 is 2.74 bits per heavy atom. The summed E-state index contributed by atoms with van der Waals surface area (Å²) in [5.41, 5.74) is 2.28. The molecule has 5 nitrogen and oxygen atoms in total. The quantitative estimate of drug-likeness (QED) is 0.724.